The van der Waals surface area contributed by atoms with E-state index in [9.17, 15) is 9.90 Å². The molecule has 3 heterocycles. The first kappa shape index (κ1) is 27.2. The first-order chi connectivity index (χ1) is 18.5. The number of hydrogen-bond donors (Lipinski definition) is 2. The number of fused-ring (bicyclic) bond motifs is 1. The minimum Gasteiger partial charge on any atom is -0.495 e. The summed E-state index contributed by atoms with van der Waals surface area (Å²) in [5.74, 6) is 1.34. The number of pyridine rings is 1. The van der Waals surface area contributed by atoms with Crippen LogP contribution in [0.3, 0.4) is 0 Å². The zero-order chi connectivity index (χ0) is 26.5. The van der Waals surface area contributed by atoms with Gasteiger partial charge in [0, 0.05) is 37.5 Å². The number of carboxylic acids is 1. The minimum atomic E-state index is -0.880. The van der Waals surface area contributed by atoms with Gasteiger partial charge in [0.1, 0.15) is 17.6 Å². The van der Waals surface area contributed by atoms with Crippen LogP contribution in [0, 0.1) is 5.92 Å². The number of carboxylic acid groups (broad SMARTS) is 1. The van der Waals surface area contributed by atoms with Crippen molar-refractivity contribution in [3.05, 3.63) is 51.7 Å². The van der Waals surface area contributed by atoms with Gasteiger partial charge in [-0.1, -0.05) is 24.1 Å². The van der Waals surface area contributed by atoms with E-state index in [-0.39, 0.29) is 6.10 Å². The van der Waals surface area contributed by atoms with Crippen LogP contribution < -0.4 is 10.1 Å². The molecule has 1 aromatic carbocycles. The maximum atomic E-state index is 12.5. The highest BCUT2D eigenvalue weighted by atomic mass is 35.5. The lowest BCUT2D eigenvalue weighted by molar-refractivity contribution is -0.143. The van der Waals surface area contributed by atoms with E-state index in [0.717, 1.165) is 68.6 Å². The average molecular weight is 542 g/mol. The number of likely N-dealkylation sites (tertiary alicyclic amines) is 1. The number of benzene rings is 1. The molecule has 0 amide bonds. The molecule has 2 atom stereocenters. The second kappa shape index (κ2) is 12.7. The molecule has 0 radical (unpaired) electrons. The third-order valence-corrected chi connectivity index (χ3v) is 8.29. The van der Waals surface area contributed by atoms with Crippen LogP contribution in [0.2, 0.25) is 5.02 Å². The molecule has 1 aromatic heterocycles. The molecule has 1 aliphatic carbocycles. The summed E-state index contributed by atoms with van der Waals surface area (Å²) in [6, 6.07) is 7.50. The molecule has 1 saturated heterocycles. The van der Waals surface area contributed by atoms with Crippen LogP contribution in [0.1, 0.15) is 73.4 Å². The van der Waals surface area contributed by atoms with Gasteiger partial charge in [-0.3, -0.25) is 9.69 Å². The number of hydrogen-bond acceptors (Lipinski definition) is 6. The molecule has 8 heteroatoms. The van der Waals surface area contributed by atoms with Crippen molar-refractivity contribution < 1.29 is 19.4 Å². The molecule has 206 valence electrons. The molecule has 2 N–H and O–H groups in total. The maximum Gasteiger partial charge on any atom is 0.325 e. The first-order valence-electron chi connectivity index (χ1n) is 14.2. The number of ether oxygens (including phenoxy) is 2. The smallest absolute Gasteiger partial charge is 0.325 e. The molecular formula is C30H40ClN3O4. The second-order valence-electron chi connectivity index (χ2n) is 11.0. The summed E-state index contributed by atoms with van der Waals surface area (Å²) in [7, 11) is 1.55. The van der Waals surface area contributed by atoms with Gasteiger partial charge in [-0.2, -0.15) is 0 Å². The number of methoxy groups -OCH3 is 1. The molecule has 1 saturated carbocycles. The average Bonchev–Trinajstić information content (AvgIpc) is 3.60. The van der Waals surface area contributed by atoms with Crippen molar-refractivity contribution in [2.75, 3.05) is 38.7 Å². The van der Waals surface area contributed by atoms with Gasteiger partial charge in [-0.05, 0) is 93.0 Å². The summed E-state index contributed by atoms with van der Waals surface area (Å²) < 4.78 is 11.7. The van der Waals surface area contributed by atoms with E-state index in [1.165, 1.54) is 24.8 Å². The molecule has 38 heavy (non-hydrogen) atoms. The lowest BCUT2D eigenvalue weighted by Gasteiger charge is -2.27. The Morgan fingerprint density at radius 1 is 1.24 bits per heavy atom. The Balaban J connectivity index is 1.09. The van der Waals surface area contributed by atoms with Crippen molar-refractivity contribution in [2.24, 2.45) is 5.92 Å². The second-order valence-corrected chi connectivity index (χ2v) is 11.4. The number of nitrogens with one attached hydrogen (secondary N) is 1. The van der Waals surface area contributed by atoms with Crippen molar-refractivity contribution in [1.29, 1.82) is 0 Å². The third kappa shape index (κ3) is 6.80. The number of anilines is 1. The monoisotopic (exact) mass is 541 g/mol. The highest BCUT2D eigenvalue weighted by Gasteiger charge is 2.36. The number of aliphatic carboxylic acids is 1. The predicted octanol–water partition coefficient (Wildman–Crippen LogP) is 5.68. The fourth-order valence-corrected chi connectivity index (χ4v) is 6.14. The van der Waals surface area contributed by atoms with Crippen molar-refractivity contribution in [2.45, 2.75) is 76.4 Å². The van der Waals surface area contributed by atoms with Crippen molar-refractivity contribution in [1.82, 2.24) is 9.88 Å². The van der Waals surface area contributed by atoms with Crippen LogP contribution >= 0.6 is 11.6 Å². The normalized spacial score (nSPS) is 20.1. The number of aryl methyl sites for hydroxylation is 2. The largest absolute Gasteiger partial charge is 0.495 e. The number of carbonyl (C=O) groups is 1. The van der Waals surface area contributed by atoms with E-state index in [4.69, 9.17) is 26.1 Å². The van der Waals surface area contributed by atoms with E-state index in [1.807, 2.05) is 17.0 Å². The van der Waals surface area contributed by atoms with Crippen molar-refractivity contribution in [3.8, 4) is 5.75 Å². The molecule has 3 aliphatic rings. The van der Waals surface area contributed by atoms with Gasteiger partial charge < -0.3 is 19.9 Å². The Hall–Kier alpha value is -2.35. The van der Waals surface area contributed by atoms with Crippen LogP contribution in [0.4, 0.5) is 5.82 Å². The molecular weight excluding hydrogens is 502 g/mol. The highest BCUT2D eigenvalue weighted by Crippen LogP contribution is 2.40. The quantitative estimate of drug-likeness (QED) is 0.315. The zero-order valence-corrected chi connectivity index (χ0v) is 23.1. The number of halogens is 1. The molecule has 2 aliphatic heterocycles. The minimum absolute atomic E-state index is 0.0429. The van der Waals surface area contributed by atoms with Crippen LogP contribution in [-0.2, 0) is 28.8 Å². The summed E-state index contributed by atoms with van der Waals surface area (Å²) in [6.45, 7) is 2.98. The third-order valence-electron chi connectivity index (χ3n) is 8.01. The van der Waals surface area contributed by atoms with Gasteiger partial charge in [0.2, 0.25) is 0 Å². The topological polar surface area (TPSA) is 83.9 Å². The molecule has 2 aromatic rings. The van der Waals surface area contributed by atoms with Gasteiger partial charge >= 0.3 is 5.97 Å². The molecule has 2 fully saturated rings. The molecule has 0 bridgehead atoms. The number of nitrogens with zero attached hydrogens (tertiary/aromatic N) is 2. The Labute approximate surface area is 230 Å². The van der Waals surface area contributed by atoms with Gasteiger partial charge in [0.05, 0.1) is 18.2 Å². The summed E-state index contributed by atoms with van der Waals surface area (Å²) in [5.41, 5.74) is 4.22. The number of unbranched alkanes of at least 4 members (excludes halogenated alkanes) is 2. The summed E-state index contributed by atoms with van der Waals surface area (Å²) in [5, 5.41) is 14.1. The van der Waals surface area contributed by atoms with Gasteiger partial charge in [0.15, 0.2) is 0 Å². The predicted molar refractivity (Wildman–Crippen MR) is 149 cm³/mol. The fourth-order valence-electron chi connectivity index (χ4n) is 5.82. The van der Waals surface area contributed by atoms with Gasteiger partial charge in [-0.25, -0.2) is 4.98 Å². The lowest BCUT2D eigenvalue weighted by Crippen LogP contribution is -2.34. The summed E-state index contributed by atoms with van der Waals surface area (Å²) >= 11 is 6.54. The van der Waals surface area contributed by atoms with E-state index in [0.29, 0.717) is 41.9 Å². The summed E-state index contributed by atoms with van der Waals surface area (Å²) in [6.07, 6.45) is 10.7. The Morgan fingerprint density at radius 3 is 2.89 bits per heavy atom. The summed E-state index contributed by atoms with van der Waals surface area (Å²) in [4.78, 5) is 19.2. The molecule has 0 spiro atoms. The number of rotatable bonds is 13. The van der Waals surface area contributed by atoms with Crippen LogP contribution in [0.5, 0.6) is 5.75 Å². The Morgan fingerprint density at radius 2 is 2.11 bits per heavy atom. The van der Waals surface area contributed by atoms with E-state index in [2.05, 4.69) is 17.4 Å². The molecule has 7 nitrogen and oxygen atoms in total. The van der Waals surface area contributed by atoms with Crippen LogP contribution in [0.15, 0.2) is 24.3 Å². The first-order valence-corrected chi connectivity index (χ1v) is 14.6. The SMILES string of the molecule is COc1c(Cl)cc(CC2CC2)cc1[C@H](C(=O)O)N1CC[C@@H](OCCCCCc2ccc3c(n2)NCCC3)C1. The van der Waals surface area contributed by atoms with E-state index >= 15 is 0 Å². The standard InChI is InChI=1S/C30H40ClN3O4/c1-37-28-25(17-21(18-26(28)31)16-20-8-9-20)27(30(35)36)34-14-12-24(19-34)38-15-4-2-3-7-23-11-10-22-6-5-13-32-29(22)33-23/h10-11,17-18,20,24,27H,2-9,12-16,19H2,1H3,(H,32,33)(H,35,36)/t24-,27-/m1/s1. The van der Waals surface area contributed by atoms with Gasteiger partial charge in [0.25, 0.3) is 0 Å². The zero-order valence-electron chi connectivity index (χ0n) is 22.4. The lowest BCUT2D eigenvalue weighted by atomic mass is 9.98. The molecule has 5 rings (SSSR count). The number of aromatic nitrogens is 1. The maximum absolute atomic E-state index is 12.5. The van der Waals surface area contributed by atoms with E-state index in [1.54, 1.807) is 7.11 Å². The van der Waals surface area contributed by atoms with Crippen molar-refractivity contribution >= 4 is 23.4 Å². The van der Waals surface area contributed by atoms with E-state index < -0.39 is 12.0 Å². The fraction of sp³-hybridized carbons (Fsp3) is 0.600. The Kier molecular flexibility index (Phi) is 9.08. The van der Waals surface area contributed by atoms with Crippen LogP contribution in [-0.4, -0.2) is 60.4 Å². The highest BCUT2D eigenvalue weighted by molar-refractivity contribution is 6.32. The Bertz CT molecular complexity index is 1120. The van der Waals surface area contributed by atoms with Gasteiger partial charge in [-0.15, -0.1) is 0 Å². The van der Waals surface area contributed by atoms with Crippen molar-refractivity contribution in [3.63, 3.8) is 0 Å². The molecule has 0 unspecified atom stereocenters. The van der Waals surface area contributed by atoms with Crippen LogP contribution in [0.25, 0.3) is 0 Å².